The Morgan fingerprint density at radius 2 is 0.811 bits per heavy atom. The molecule has 9 heteroatoms. The van der Waals surface area contributed by atoms with Gasteiger partial charge >= 0.3 is 7.82 Å². The van der Waals surface area contributed by atoms with E-state index in [0.717, 1.165) is 89.9 Å². The molecule has 0 fully saturated rings. The molecule has 0 rings (SSSR count). The number of phosphoric ester groups is 1. The van der Waals surface area contributed by atoms with Crippen molar-refractivity contribution in [1.82, 2.24) is 5.32 Å². The molecule has 0 heterocycles. The molecule has 3 atom stereocenters. The molecule has 0 radical (unpaired) electrons. The number of hydrogen-bond donors (Lipinski definition) is 3. The molecule has 0 aliphatic rings. The predicted octanol–water partition coefficient (Wildman–Crippen LogP) is 18.8. The van der Waals surface area contributed by atoms with Crippen molar-refractivity contribution in [2.24, 2.45) is 0 Å². The van der Waals surface area contributed by atoms with E-state index in [1.807, 2.05) is 27.2 Å². The molecule has 0 aromatic heterocycles. The molecule has 0 saturated carbocycles. The van der Waals surface area contributed by atoms with Gasteiger partial charge in [0, 0.05) is 6.42 Å². The van der Waals surface area contributed by atoms with E-state index in [0.29, 0.717) is 17.4 Å². The van der Waals surface area contributed by atoms with Gasteiger partial charge < -0.3 is 19.8 Å². The standard InChI is InChI=1S/C65H115N2O6P/c1-6-8-10-12-14-16-18-19-20-21-22-23-24-25-26-27-28-29-30-31-32-33-34-35-36-37-38-39-40-41-42-43-44-45-46-47-49-51-53-55-57-59-65(69)66-63(62-73-74(70,71)72-61-60-67(3,4)5)64(68)58-56-54-52-50-48-17-15-13-11-9-7-2/h8,10,14,16,19-20,22-23,25-26,28-29,31-32,34-35,56,58,63-64,68H,6-7,9,11-13,15,17-18,21,24,27,30,33,36-55,57,59-62H2,1-5H3,(H-,66,69,70,71)/p+1/b10-8-,16-14-,20-19-,23-22-,26-25-,29-28-,32-31-,35-34-,58-56+. The molecule has 74 heavy (non-hydrogen) atoms. The molecule has 426 valence electrons. The van der Waals surface area contributed by atoms with Crippen LogP contribution in [0.5, 0.6) is 0 Å². The Hall–Kier alpha value is -2.84. The van der Waals surface area contributed by atoms with Gasteiger partial charge in [-0.2, -0.15) is 0 Å². The highest BCUT2D eigenvalue weighted by Gasteiger charge is 2.27. The van der Waals surface area contributed by atoms with E-state index in [1.54, 1.807) is 6.08 Å². The molecule has 0 bridgehead atoms. The van der Waals surface area contributed by atoms with E-state index in [2.05, 4.69) is 116 Å². The lowest BCUT2D eigenvalue weighted by atomic mass is 10.0. The highest BCUT2D eigenvalue weighted by molar-refractivity contribution is 7.47. The first-order chi connectivity index (χ1) is 36.0. The van der Waals surface area contributed by atoms with Gasteiger partial charge in [-0.25, -0.2) is 4.57 Å². The van der Waals surface area contributed by atoms with Crippen LogP contribution in [-0.4, -0.2) is 73.4 Å². The zero-order chi connectivity index (χ0) is 54.2. The van der Waals surface area contributed by atoms with Crippen molar-refractivity contribution in [1.29, 1.82) is 0 Å². The first-order valence-corrected chi connectivity index (χ1v) is 31.8. The zero-order valence-corrected chi connectivity index (χ0v) is 49.4. The minimum atomic E-state index is -4.34. The van der Waals surface area contributed by atoms with E-state index in [9.17, 15) is 19.4 Å². The summed E-state index contributed by atoms with van der Waals surface area (Å²) in [5, 5.41) is 13.9. The molecular weight excluding hydrogens is 936 g/mol. The second kappa shape index (κ2) is 54.9. The van der Waals surface area contributed by atoms with Crippen LogP contribution in [-0.2, 0) is 18.4 Å². The predicted molar refractivity (Wildman–Crippen MR) is 322 cm³/mol. The molecule has 0 spiro atoms. The Kier molecular flexibility index (Phi) is 52.8. The number of aliphatic hydroxyl groups excluding tert-OH is 1. The number of amides is 1. The number of phosphoric acid groups is 1. The zero-order valence-electron chi connectivity index (χ0n) is 48.5. The van der Waals surface area contributed by atoms with Gasteiger partial charge in [0.05, 0.1) is 39.9 Å². The van der Waals surface area contributed by atoms with Crippen LogP contribution in [0.25, 0.3) is 0 Å². The Morgan fingerprint density at radius 1 is 0.473 bits per heavy atom. The lowest BCUT2D eigenvalue weighted by molar-refractivity contribution is -0.870. The van der Waals surface area contributed by atoms with Crippen molar-refractivity contribution in [3.8, 4) is 0 Å². The summed E-state index contributed by atoms with van der Waals surface area (Å²) in [4.78, 5) is 23.2. The molecular formula is C65H116N2O6P+. The number of quaternary nitrogens is 1. The van der Waals surface area contributed by atoms with Crippen LogP contribution in [0.15, 0.2) is 109 Å². The molecule has 0 aliphatic heterocycles. The van der Waals surface area contributed by atoms with Crippen LogP contribution in [0.4, 0.5) is 0 Å². The quantitative estimate of drug-likeness (QED) is 0.0243. The summed E-state index contributed by atoms with van der Waals surface area (Å²) in [6, 6.07) is -0.849. The van der Waals surface area contributed by atoms with Gasteiger partial charge in [-0.3, -0.25) is 13.8 Å². The topological polar surface area (TPSA) is 105 Å². The second-order valence-electron chi connectivity index (χ2n) is 21.3. The lowest BCUT2D eigenvalue weighted by Gasteiger charge is -2.25. The normalized spacial score (nSPS) is 14.6. The maximum atomic E-state index is 12.9. The van der Waals surface area contributed by atoms with Crippen LogP contribution >= 0.6 is 7.82 Å². The van der Waals surface area contributed by atoms with Crippen molar-refractivity contribution in [2.45, 2.75) is 257 Å². The summed E-state index contributed by atoms with van der Waals surface area (Å²) in [6.07, 6.45) is 80.7. The summed E-state index contributed by atoms with van der Waals surface area (Å²) in [7, 11) is 1.57. The van der Waals surface area contributed by atoms with E-state index in [-0.39, 0.29) is 19.1 Å². The summed E-state index contributed by atoms with van der Waals surface area (Å²) >= 11 is 0. The fraction of sp³-hybridized carbons (Fsp3) is 0.708. The van der Waals surface area contributed by atoms with Crippen LogP contribution in [0.2, 0.25) is 0 Å². The minimum Gasteiger partial charge on any atom is -0.387 e. The van der Waals surface area contributed by atoms with Gasteiger partial charge in [0.25, 0.3) is 0 Å². The van der Waals surface area contributed by atoms with Crippen molar-refractivity contribution in [3.63, 3.8) is 0 Å². The fourth-order valence-corrected chi connectivity index (χ4v) is 9.03. The Bertz CT molecular complexity index is 1570. The third-order valence-electron chi connectivity index (χ3n) is 13.0. The number of unbranched alkanes of at least 4 members (excludes halogenated alkanes) is 25. The average molecular weight is 1050 g/mol. The highest BCUT2D eigenvalue weighted by Crippen LogP contribution is 2.43. The van der Waals surface area contributed by atoms with Gasteiger partial charge in [-0.15, -0.1) is 0 Å². The van der Waals surface area contributed by atoms with Crippen molar-refractivity contribution < 1.29 is 32.9 Å². The first-order valence-electron chi connectivity index (χ1n) is 30.3. The minimum absolute atomic E-state index is 0.0586. The first kappa shape index (κ1) is 71.2. The number of hydrogen-bond acceptors (Lipinski definition) is 5. The molecule has 3 unspecified atom stereocenters. The van der Waals surface area contributed by atoms with E-state index in [1.165, 1.54) is 135 Å². The maximum Gasteiger partial charge on any atom is 0.472 e. The van der Waals surface area contributed by atoms with Crippen LogP contribution in [0, 0.1) is 0 Å². The number of carbonyl (C=O) groups excluding carboxylic acids is 1. The van der Waals surface area contributed by atoms with Crippen LogP contribution in [0.3, 0.4) is 0 Å². The summed E-state index contributed by atoms with van der Waals surface area (Å²) in [5.74, 6) is -0.181. The lowest BCUT2D eigenvalue weighted by Crippen LogP contribution is -2.45. The molecule has 1 amide bonds. The van der Waals surface area contributed by atoms with Gasteiger partial charge in [0.15, 0.2) is 0 Å². The monoisotopic (exact) mass is 1050 g/mol. The summed E-state index contributed by atoms with van der Waals surface area (Å²) in [6.45, 7) is 4.68. The number of aliphatic hydroxyl groups is 1. The van der Waals surface area contributed by atoms with Gasteiger partial charge in [0.2, 0.25) is 5.91 Å². The van der Waals surface area contributed by atoms with E-state index in [4.69, 9.17) is 9.05 Å². The second-order valence-corrected chi connectivity index (χ2v) is 22.8. The number of likely N-dealkylation sites (N-methyl/N-ethyl adjacent to an activating group) is 1. The number of nitrogens with zero attached hydrogens (tertiary/aromatic N) is 1. The Labute approximate surface area is 457 Å². The summed E-state index contributed by atoms with van der Waals surface area (Å²) < 4.78 is 23.6. The van der Waals surface area contributed by atoms with Crippen molar-refractivity contribution in [2.75, 3.05) is 40.9 Å². The Morgan fingerprint density at radius 3 is 1.19 bits per heavy atom. The van der Waals surface area contributed by atoms with Gasteiger partial charge in [-0.05, 0) is 83.5 Å². The number of rotatable bonds is 54. The number of allylic oxidation sites excluding steroid dienone is 17. The fourth-order valence-electron chi connectivity index (χ4n) is 8.29. The SMILES string of the molecule is CC/C=C\C/C=C\C/C=C\C/C=C\C/C=C\C/C=C\C/C=C\C/C=C\CCCCCCCCCCCCCCCCCCC(=O)NC(COP(=O)(O)OCC[N+](C)(C)C)C(O)/C=C/CCCCCCCCCCC. The Balaban J connectivity index is 3.95. The maximum absolute atomic E-state index is 12.9. The molecule has 0 saturated heterocycles. The molecule has 3 N–H and O–H groups in total. The van der Waals surface area contributed by atoms with Gasteiger partial charge in [0.1, 0.15) is 13.2 Å². The average Bonchev–Trinajstić information content (AvgIpc) is 3.36. The molecule has 0 aromatic rings. The van der Waals surface area contributed by atoms with Crippen LogP contribution in [0.1, 0.15) is 245 Å². The molecule has 0 aromatic carbocycles. The highest BCUT2D eigenvalue weighted by atomic mass is 31.2. The van der Waals surface area contributed by atoms with Gasteiger partial charge in [-0.1, -0.05) is 264 Å². The number of nitrogens with one attached hydrogen (secondary N) is 1. The van der Waals surface area contributed by atoms with Crippen molar-refractivity contribution in [3.05, 3.63) is 109 Å². The van der Waals surface area contributed by atoms with Crippen molar-refractivity contribution >= 4 is 13.7 Å². The van der Waals surface area contributed by atoms with E-state index >= 15 is 0 Å². The largest absolute Gasteiger partial charge is 0.472 e. The van der Waals surface area contributed by atoms with E-state index < -0.39 is 20.0 Å². The van der Waals surface area contributed by atoms with Crippen LogP contribution < -0.4 is 5.32 Å². The molecule has 8 nitrogen and oxygen atoms in total. The third-order valence-corrected chi connectivity index (χ3v) is 14.0. The number of carbonyl (C=O) groups is 1. The smallest absolute Gasteiger partial charge is 0.387 e. The third kappa shape index (κ3) is 56.9. The summed E-state index contributed by atoms with van der Waals surface area (Å²) in [5.41, 5.74) is 0. The molecule has 0 aliphatic carbocycles.